The second-order valence-electron chi connectivity index (χ2n) is 3.60. The molecule has 1 aliphatic carbocycles. The number of aromatic nitrogens is 1. The monoisotopic (exact) mass is 203 g/mol. The summed E-state index contributed by atoms with van der Waals surface area (Å²) in [6.45, 7) is 0. The molecule has 1 aliphatic rings. The molecule has 4 nitrogen and oxygen atoms in total. The van der Waals surface area contributed by atoms with Gasteiger partial charge in [-0.05, 0) is 18.6 Å². The summed E-state index contributed by atoms with van der Waals surface area (Å²) < 4.78 is 0. The molecule has 2 unspecified atom stereocenters. The maximum Gasteiger partial charge on any atom is 0.232 e. The van der Waals surface area contributed by atoms with Crippen LogP contribution in [0.4, 0.5) is 5.82 Å². The van der Waals surface area contributed by atoms with Crippen LogP contribution in [0.2, 0.25) is 0 Å². The minimum absolute atomic E-state index is 0.00415. The first-order chi connectivity index (χ1) is 7.25. The highest BCUT2D eigenvalue weighted by atomic mass is 16.1. The van der Waals surface area contributed by atoms with Crippen LogP contribution in [0.15, 0.2) is 36.5 Å². The van der Waals surface area contributed by atoms with Crippen molar-refractivity contribution in [1.82, 2.24) is 4.98 Å². The molecule has 0 bridgehead atoms. The van der Waals surface area contributed by atoms with Crippen molar-refractivity contribution in [3.05, 3.63) is 36.5 Å². The summed E-state index contributed by atoms with van der Waals surface area (Å²) in [6, 6.07) is 5.40. The molecule has 1 amide bonds. The topological polar surface area (TPSA) is 68.0 Å². The number of hydrogen-bond acceptors (Lipinski definition) is 3. The number of rotatable bonds is 2. The molecule has 0 spiro atoms. The lowest BCUT2D eigenvalue weighted by Crippen LogP contribution is -2.24. The molecule has 0 saturated carbocycles. The minimum Gasteiger partial charge on any atom is -0.324 e. The van der Waals surface area contributed by atoms with Gasteiger partial charge >= 0.3 is 0 Å². The summed E-state index contributed by atoms with van der Waals surface area (Å²) >= 11 is 0. The first-order valence-electron chi connectivity index (χ1n) is 4.91. The van der Waals surface area contributed by atoms with Crippen LogP contribution < -0.4 is 11.1 Å². The van der Waals surface area contributed by atoms with Crippen molar-refractivity contribution in [2.75, 3.05) is 5.32 Å². The summed E-state index contributed by atoms with van der Waals surface area (Å²) in [5.41, 5.74) is 5.67. The summed E-state index contributed by atoms with van der Waals surface area (Å²) in [7, 11) is 0. The minimum atomic E-state index is -0.123. The Hall–Kier alpha value is -1.68. The molecular weight excluding hydrogens is 190 g/mol. The molecule has 1 heterocycles. The van der Waals surface area contributed by atoms with E-state index < -0.39 is 0 Å². The first-order valence-corrected chi connectivity index (χ1v) is 4.91. The second-order valence-corrected chi connectivity index (χ2v) is 3.60. The van der Waals surface area contributed by atoms with E-state index in [4.69, 9.17) is 5.73 Å². The Morgan fingerprint density at radius 2 is 2.33 bits per heavy atom. The van der Waals surface area contributed by atoms with Gasteiger partial charge in [-0.3, -0.25) is 4.79 Å². The van der Waals surface area contributed by atoms with Crippen LogP contribution in [0.5, 0.6) is 0 Å². The Labute approximate surface area is 88.2 Å². The quantitative estimate of drug-likeness (QED) is 0.702. The molecule has 0 saturated heterocycles. The van der Waals surface area contributed by atoms with Gasteiger partial charge in [0.05, 0.1) is 5.92 Å². The zero-order chi connectivity index (χ0) is 10.7. The van der Waals surface area contributed by atoms with E-state index in [1.807, 2.05) is 18.2 Å². The van der Waals surface area contributed by atoms with Crippen LogP contribution in [0, 0.1) is 5.92 Å². The van der Waals surface area contributed by atoms with E-state index in [-0.39, 0.29) is 17.9 Å². The maximum absolute atomic E-state index is 11.7. The lowest BCUT2D eigenvalue weighted by Gasteiger charge is -2.09. The Kier molecular flexibility index (Phi) is 2.78. The third-order valence-corrected chi connectivity index (χ3v) is 2.37. The lowest BCUT2D eigenvalue weighted by molar-refractivity contribution is -0.118. The summed E-state index contributed by atoms with van der Waals surface area (Å²) in [6.07, 6.45) is 6.04. The van der Waals surface area contributed by atoms with Crippen LogP contribution in [-0.2, 0) is 4.79 Å². The molecule has 1 aromatic heterocycles. The number of nitrogens with one attached hydrogen (secondary N) is 1. The summed E-state index contributed by atoms with van der Waals surface area (Å²) in [5, 5.41) is 2.75. The molecule has 2 rings (SSSR count). The van der Waals surface area contributed by atoms with E-state index in [1.54, 1.807) is 18.3 Å². The number of carbonyl (C=O) groups excluding carboxylic acids is 1. The molecule has 15 heavy (non-hydrogen) atoms. The van der Waals surface area contributed by atoms with Crippen LogP contribution in [0.1, 0.15) is 6.42 Å². The Morgan fingerprint density at radius 1 is 1.47 bits per heavy atom. The summed E-state index contributed by atoms with van der Waals surface area (Å²) in [5.74, 6) is 0.413. The molecule has 78 valence electrons. The molecule has 1 aromatic rings. The van der Waals surface area contributed by atoms with E-state index in [2.05, 4.69) is 10.3 Å². The van der Waals surface area contributed by atoms with Crippen molar-refractivity contribution >= 4 is 11.7 Å². The van der Waals surface area contributed by atoms with Crippen LogP contribution in [0.3, 0.4) is 0 Å². The van der Waals surface area contributed by atoms with Gasteiger partial charge in [0.1, 0.15) is 5.82 Å². The predicted molar refractivity (Wildman–Crippen MR) is 58.1 cm³/mol. The third kappa shape index (κ3) is 2.41. The van der Waals surface area contributed by atoms with Crippen molar-refractivity contribution in [2.24, 2.45) is 11.7 Å². The zero-order valence-corrected chi connectivity index (χ0v) is 8.26. The Morgan fingerprint density at radius 3 is 2.93 bits per heavy atom. The largest absolute Gasteiger partial charge is 0.324 e. The number of amides is 1. The molecule has 0 radical (unpaired) electrons. The van der Waals surface area contributed by atoms with Crippen molar-refractivity contribution in [1.29, 1.82) is 0 Å². The van der Waals surface area contributed by atoms with E-state index >= 15 is 0 Å². The fraction of sp³-hybridized carbons (Fsp3) is 0.273. The van der Waals surface area contributed by atoms with Crippen molar-refractivity contribution in [3.8, 4) is 0 Å². The highest BCUT2D eigenvalue weighted by Gasteiger charge is 2.22. The van der Waals surface area contributed by atoms with Crippen LogP contribution >= 0.6 is 0 Å². The normalized spacial score (nSPS) is 24.1. The van der Waals surface area contributed by atoms with Crippen LogP contribution in [-0.4, -0.2) is 16.9 Å². The van der Waals surface area contributed by atoms with Gasteiger partial charge in [-0.25, -0.2) is 4.98 Å². The average Bonchev–Trinajstić information content (AvgIpc) is 2.66. The molecule has 0 aromatic carbocycles. The second kappa shape index (κ2) is 4.23. The number of carbonyl (C=O) groups is 1. The van der Waals surface area contributed by atoms with Crippen molar-refractivity contribution in [3.63, 3.8) is 0 Å². The SMILES string of the molecule is NC1C=CC(C(=O)Nc2ccccn2)C1. The highest BCUT2D eigenvalue weighted by Crippen LogP contribution is 2.17. The number of anilines is 1. The molecule has 2 atom stereocenters. The van der Waals surface area contributed by atoms with Gasteiger partial charge in [0.2, 0.25) is 5.91 Å². The molecule has 4 heteroatoms. The van der Waals surface area contributed by atoms with Crippen molar-refractivity contribution < 1.29 is 4.79 Å². The highest BCUT2D eigenvalue weighted by molar-refractivity contribution is 5.93. The molecule has 0 aliphatic heterocycles. The first kappa shape index (κ1) is 9.86. The molecule has 3 N–H and O–H groups in total. The summed E-state index contributed by atoms with van der Waals surface area (Å²) in [4.78, 5) is 15.7. The fourth-order valence-corrected chi connectivity index (χ4v) is 1.58. The van der Waals surface area contributed by atoms with Gasteiger partial charge in [0, 0.05) is 12.2 Å². The number of nitrogens with zero attached hydrogens (tertiary/aromatic N) is 1. The molecule has 0 fully saturated rings. The zero-order valence-electron chi connectivity index (χ0n) is 8.26. The van der Waals surface area contributed by atoms with Gasteiger partial charge in [-0.1, -0.05) is 18.2 Å². The maximum atomic E-state index is 11.7. The lowest BCUT2D eigenvalue weighted by atomic mass is 10.1. The van der Waals surface area contributed by atoms with Gasteiger partial charge in [0.25, 0.3) is 0 Å². The van der Waals surface area contributed by atoms with Gasteiger partial charge in [-0.15, -0.1) is 0 Å². The van der Waals surface area contributed by atoms with Gasteiger partial charge in [-0.2, -0.15) is 0 Å². The van der Waals surface area contributed by atoms with Gasteiger partial charge in [0.15, 0.2) is 0 Å². The van der Waals surface area contributed by atoms with Crippen molar-refractivity contribution in [2.45, 2.75) is 12.5 Å². The number of hydrogen-bond donors (Lipinski definition) is 2. The predicted octanol–water partition coefficient (Wildman–Crippen LogP) is 0.923. The van der Waals surface area contributed by atoms with E-state index in [1.165, 1.54) is 0 Å². The van der Waals surface area contributed by atoms with Crippen LogP contribution in [0.25, 0.3) is 0 Å². The van der Waals surface area contributed by atoms with E-state index in [0.29, 0.717) is 12.2 Å². The average molecular weight is 203 g/mol. The fourth-order valence-electron chi connectivity index (χ4n) is 1.58. The van der Waals surface area contributed by atoms with E-state index in [9.17, 15) is 4.79 Å². The molecular formula is C11H13N3O. The Bertz CT molecular complexity index is 375. The third-order valence-electron chi connectivity index (χ3n) is 2.37. The smallest absolute Gasteiger partial charge is 0.232 e. The Balaban J connectivity index is 1.96. The number of pyridine rings is 1. The number of nitrogens with two attached hydrogens (primary N) is 1. The van der Waals surface area contributed by atoms with Gasteiger partial charge < -0.3 is 11.1 Å². The van der Waals surface area contributed by atoms with E-state index in [0.717, 1.165) is 0 Å². The standard InChI is InChI=1S/C11H13N3O/c12-9-5-4-8(7-9)11(15)14-10-3-1-2-6-13-10/h1-6,8-9H,7,12H2,(H,13,14,15).